The van der Waals surface area contributed by atoms with Crippen LogP contribution in [-0.2, 0) is 11.3 Å². The molecule has 0 radical (unpaired) electrons. The van der Waals surface area contributed by atoms with Crippen LogP contribution in [0, 0.1) is 17.6 Å². The highest BCUT2D eigenvalue weighted by molar-refractivity contribution is 5.79. The average molecular weight is 358 g/mol. The van der Waals surface area contributed by atoms with Gasteiger partial charge >= 0.3 is 0 Å². The second-order valence-electron chi connectivity index (χ2n) is 6.99. The molecule has 3 nitrogen and oxygen atoms in total. The molecular weight excluding hydrogens is 336 g/mol. The molecule has 0 aliphatic carbocycles. The molecule has 2 saturated heterocycles. The van der Waals surface area contributed by atoms with Crippen LogP contribution in [0.25, 0.3) is 0 Å². The SMILES string of the molecule is O=C(C1CCCN(Cc2cc(F)ccc2F)C1)N1CCC(F)(F)CC1. The van der Waals surface area contributed by atoms with E-state index in [-0.39, 0.29) is 49.9 Å². The summed E-state index contributed by atoms with van der Waals surface area (Å²) in [5.74, 6) is -4.00. The van der Waals surface area contributed by atoms with Crippen molar-refractivity contribution in [2.24, 2.45) is 5.92 Å². The molecule has 2 aliphatic heterocycles. The molecule has 0 spiro atoms. The molecule has 1 unspecified atom stereocenters. The number of carbonyl (C=O) groups is 1. The molecule has 7 heteroatoms. The Bertz CT molecular complexity index is 628. The third-order valence-electron chi connectivity index (χ3n) is 5.06. The fraction of sp³-hybridized carbons (Fsp3) is 0.611. The van der Waals surface area contributed by atoms with Crippen LogP contribution >= 0.6 is 0 Å². The molecule has 0 N–H and O–H groups in total. The molecule has 2 heterocycles. The van der Waals surface area contributed by atoms with E-state index in [9.17, 15) is 22.4 Å². The third kappa shape index (κ3) is 4.51. The van der Waals surface area contributed by atoms with Gasteiger partial charge in [0.25, 0.3) is 5.92 Å². The fourth-order valence-electron chi connectivity index (χ4n) is 3.62. The highest BCUT2D eigenvalue weighted by Crippen LogP contribution is 2.29. The van der Waals surface area contributed by atoms with E-state index in [0.717, 1.165) is 18.6 Å². The van der Waals surface area contributed by atoms with Crippen molar-refractivity contribution in [2.75, 3.05) is 26.2 Å². The van der Waals surface area contributed by atoms with Gasteiger partial charge in [-0.2, -0.15) is 0 Å². The highest BCUT2D eigenvalue weighted by Gasteiger charge is 2.38. The van der Waals surface area contributed by atoms with E-state index in [2.05, 4.69) is 0 Å². The Hall–Kier alpha value is -1.63. The zero-order chi connectivity index (χ0) is 18.0. The van der Waals surface area contributed by atoms with Gasteiger partial charge in [-0.1, -0.05) is 0 Å². The predicted octanol–water partition coefficient (Wildman–Crippen LogP) is 3.43. The minimum Gasteiger partial charge on any atom is -0.342 e. The Morgan fingerprint density at radius 3 is 2.60 bits per heavy atom. The van der Waals surface area contributed by atoms with Gasteiger partial charge in [0.05, 0.1) is 5.92 Å². The molecule has 1 atom stereocenters. The van der Waals surface area contributed by atoms with Crippen molar-refractivity contribution in [3.63, 3.8) is 0 Å². The summed E-state index contributed by atoms with van der Waals surface area (Å²) in [4.78, 5) is 16.1. The van der Waals surface area contributed by atoms with Gasteiger partial charge in [-0.15, -0.1) is 0 Å². The van der Waals surface area contributed by atoms with Crippen LogP contribution in [0.2, 0.25) is 0 Å². The average Bonchev–Trinajstić information content (AvgIpc) is 2.58. The van der Waals surface area contributed by atoms with Crippen LogP contribution in [-0.4, -0.2) is 47.8 Å². The Kier molecular flexibility index (Phi) is 5.32. The molecule has 1 aromatic carbocycles. The van der Waals surface area contributed by atoms with Crippen molar-refractivity contribution in [1.82, 2.24) is 9.80 Å². The highest BCUT2D eigenvalue weighted by atomic mass is 19.3. The van der Waals surface area contributed by atoms with Gasteiger partial charge < -0.3 is 4.90 Å². The summed E-state index contributed by atoms with van der Waals surface area (Å²) < 4.78 is 53.6. The van der Waals surface area contributed by atoms with Crippen LogP contribution in [0.5, 0.6) is 0 Å². The molecular formula is C18H22F4N2O. The van der Waals surface area contributed by atoms with Gasteiger partial charge in [0.2, 0.25) is 5.91 Å². The van der Waals surface area contributed by atoms with Crippen LogP contribution in [0.4, 0.5) is 17.6 Å². The summed E-state index contributed by atoms with van der Waals surface area (Å²) in [6, 6.07) is 3.35. The number of amides is 1. The first kappa shape index (κ1) is 18.2. The van der Waals surface area contributed by atoms with Crippen molar-refractivity contribution in [3.8, 4) is 0 Å². The van der Waals surface area contributed by atoms with E-state index < -0.39 is 17.6 Å². The number of hydrogen-bond donors (Lipinski definition) is 0. The summed E-state index contributed by atoms with van der Waals surface area (Å²) in [6.07, 6.45) is 0.901. The molecule has 0 bridgehead atoms. The Balaban J connectivity index is 1.59. The maximum atomic E-state index is 13.8. The molecule has 0 aromatic heterocycles. The molecule has 2 aliphatic rings. The van der Waals surface area contributed by atoms with E-state index in [1.54, 1.807) is 0 Å². The molecule has 138 valence electrons. The maximum Gasteiger partial charge on any atom is 0.251 e. The summed E-state index contributed by atoms with van der Waals surface area (Å²) >= 11 is 0. The number of benzene rings is 1. The topological polar surface area (TPSA) is 23.6 Å². The van der Waals surface area contributed by atoms with Crippen LogP contribution in [0.3, 0.4) is 0 Å². The monoisotopic (exact) mass is 358 g/mol. The number of rotatable bonds is 3. The first-order chi connectivity index (χ1) is 11.8. The number of alkyl halides is 2. The lowest BCUT2D eigenvalue weighted by Crippen LogP contribution is -2.48. The van der Waals surface area contributed by atoms with E-state index in [0.29, 0.717) is 19.5 Å². The first-order valence-electron chi connectivity index (χ1n) is 8.67. The largest absolute Gasteiger partial charge is 0.342 e. The molecule has 1 amide bonds. The van der Waals surface area contributed by atoms with E-state index in [1.165, 1.54) is 11.0 Å². The molecule has 3 rings (SSSR count). The van der Waals surface area contributed by atoms with E-state index in [4.69, 9.17) is 0 Å². The fourth-order valence-corrected chi connectivity index (χ4v) is 3.62. The molecule has 2 fully saturated rings. The Morgan fingerprint density at radius 1 is 1.16 bits per heavy atom. The second kappa shape index (κ2) is 7.32. The number of nitrogens with zero attached hydrogens (tertiary/aromatic N) is 2. The molecule has 0 saturated carbocycles. The van der Waals surface area contributed by atoms with Crippen LogP contribution in [0.1, 0.15) is 31.2 Å². The number of halogens is 4. The zero-order valence-electron chi connectivity index (χ0n) is 14.0. The van der Waals surface area contributed by atoms with Crippen LogP contribution < -0.4 is 0 Å². The van der Waals surface area contributed by atoms with Crippen molar-refractivity contribution in [2.45, 2.75) is 38.2 Å². The summed E-state index contributed by atoms with van der Waals surface area (Å²) in [7, 11) is 0. The third-order valence-corrected chi connectivity index (χ3v) is 5.06. The quantitative estimate of drug-likeness (QED) is 0.773. The number of piperidine rings is 2. The van der Waals surface area contributed by atoms with Gasteiger partial charge in [0.1, 0.15) is 11.6 Å². The standard InChI is InChI=1S/C18H22F4N2O/c19-15-3-4-16(20)14(10-15)12-23-7-1-2-13(11-23)17(25)24-8-5-18(21,22)6-9-24/h3-4,10,13H,1-2,5-9,11-12H2. The lowest BCUT2D eigenvalue weighted by atomic mass is 9.94. The van der Waals surface area contributed by atoms with Crippen LogP contribution in [0.15, 0.2) is 18.2 Å². The van der Waals surface area contributed by atoms with Gasteiger partial charge in [-0.25, -0.2) is 17.6 Å². The number of hydrogen-bond acceptors (Lipinski definition) is 2. The smallest absolute Gasteiger partial charge is 0.251 e. The number of carbonyl (C=O) groups excluding carboxylic acids is 1. The molecule has 25 heavy (non-hydrogen) atoms. The predicted molar refractivity (Wildman–Crippen MR) is 85.1 cm³/mol. The van der Waals surface area contributed by atoms with E-state index >= 15 is 0 Å². The van der Waals surface area contributed by atoms with Gasteiger partial charge in [0.15, 0.2) is 0 Å². The first-order valence-corrected chi connectivity index (χ1v) is 8.67. The summed E-state index contributed by atoms with van der Waals surface area (Å²) in [5.41, 5.74) is 0.269. The summed E-state index contributed by atoms with van der Waals surface area (Å²) in [5, 5.41) is 0. The summed E-state index contributed by atoms with van der Waals surface area (Å²) in [6.45, 7) is 1.56. The zero-order valence-corrected chi connectivity index (χ0v) is 14.0. The van der Waals surface area contributed by atoms with Gasteiger partial charge in [0, 0.05) is 44.6 Å². The Labute approximate surface area is 144 Å². The van der Waals surface area contributed by atoms with E-state index in [1.807, 2.05) is 4.90 Å². The maximum absolute atomic E-state index is 13.8. The second-order valence-corrected chi connectivity index (χ2v) is 6.99. The van der Waals surface area contributed by atoms with Crippen molar-refractivity contribution in [3.05, 3.63) is 35.4 Å². The Morgan fingerprint density at radius 2 is 1.88 bits per heavy atom. The lowest BCUT2D eigenvalue weighted by Gasteiger charge is -2.37. The minimum absolute atomic E-state index is 0.0842. The minimum atomic E-state index is -2.68. The van der Waals surface area contributed by atoms with Crippen molar-refractivity contribution >= 4 is 5.91 Å². The van der Waals surface area contributed by atoms with Crippen molar-refractivity contribution < 1.29 is 22.4 Å². The van der Waals surface area contributed by atoms with Gasteiger partial charge in [-0.3, -0.25) is 9.69 Å². The normalized spacial score (nSPS) is 24.3. The van der Waals surface area contributed by atoms with Gasteiger partial charge in [-0.05, 0) is 37.6 Å². The van der Waals surface area contributed by atoms with Crippen molar-refractivity contribution in [1.29, 1.82) is 0 Å². The molecule has 1 aromatic rings. The lowest BCUT2D eigenvalue weighted by molar-refractivity contribution is -0.143. The number of likely N-dealkylation sites (tertiary alicyclic amines) is 2.